The van der Waals surface area contributed by atoms with Crippen LogP contribution < -0.4 is 5.32 Å². The average Bonchev–Trinajstić information content (AvgIpc) is 2.86. The minimum Gasteiger partial charge on any atom is -0.464 e. The predicted octanol–water partition coefficient (Wildman–Crippen LogP) is 3.13. The van der Waals surface area contributed by atoms with Crippen molar-refractivity contribution >= 4 is 17.7 Å². The number of hydrogen-bond donors (Lipinski definition) is 1. The van der Waals surface area contributed by atoms with Gasteiger partial charge < -0.3 is 19.7 Å². The largest absolute Gasteiger partial charge is 0.464 e. The second-order valence-electron chi connectivity index (χ2n) is 8.81. The molecule has 8 heteroatoms. The van der Waals surface area contributed by atoms with Gasteiger partial charge in [-0.2, -0.15) is 0 Å². The summed E-state index contributed by atoms with van der Waals surface area (Å²) in [6, 6.07) is 0.559. The summed E-state index contributed by atoms with van der Waals surface area (Å²) in [4.78, 5) is 33.6. The van der Waals surface area contributed by atoms with Crippen LogP contribution in [0.15, 0.2) is 17.3 Å². The number of carbonyl (C=O) groups excluding carboxylic acids is 2. The maximum absolute atomic E-state index is 12.7. The highest BCUT2D eigenvalue weighted by atomic mass is 16.5. The summed E-state index contributed by atoms with van der Waals surface area (Å²) in [7, 11) is 0. The van der Waals surface area contributed by atoms with E-state index in [2.05, 4.69) is 22.1 Å². The van der Waals surface area contributed by atoms with E-state index in [-0.39, 0.29) is 18.4 Å². The van der Waals surface area contributed by atoms with Crippen molar-refractivity contribution in [2.75, 3.05) is 52.5 Å². The number of piperidine rings is 1. The number of aliphatic imine (C=N–C) groups is 1. The topological polar surface area (TPSA) is 83.5 Å². The summed E-state index contributed by atoms with van der Waals surface area (Å²) in [6.45, 7) is 9.83. The van der Waals surface area contributed by atoms with Crippen LogP contribution in [-0.2, 0) is 19.1 Å². The molecule has 2 heterocycles. The molecule has 0 aromatic carbocycles. The molecule has 0 spiro atoms. The molecule has 0 atom stereocenters. The van der Waals surface area contributed by atoms with Crippen LogP contribution in [-0.4, -0.2) is 86.1 Å². The third-order valence-corrected chi connectivity index (χ3v) is 6.28. The molecule has 0 aromatic heterocycles. The van der Waals surface area contributed by atoms with Gasteiger partial charge in [0.25, 0.3) is 0 Å². The van der Waals surface area contributed by atoms with Crippen molar-refractivity contribution in [2.24, 2.45) is 4.99 Å². The number of morpholine rings is 1. The minimum atomic E-state index is -0.282. The fourth-order valence-corrected chi connectivity index (χ4v) is 4.29. The zero-order valence-electron chi connectivity index (χ0n) is 20.7. The zero-order valence-corrected chi connectivity index (χ0v) is 20.7. The van der Waals surface area contributed by atoms with Gasteiger partial charge in [-0.1, -0.05) is 38.7 Å². The molecule has 0 bridgehead atoms. The predicted molar refractivity (Wildman–Crippen MR) is 131 cm³/mol. The second-order valence-corrected chi connectivity index (χ2v) is 8.81. The van der Waals surface area contributed by atoms with E-state index in [9.17, 15) is 9.59 Å². The van der Waals surface area contributed by atoms with E-state index in [1.807, 2.05) is 17.9 Å². The number of hydrogen-bond acceptors (Lipinski definition) is 6. The van der Waals surface area contributed by atoms with Gasteiger partial charge in [-0.3, -0.25) is 14.5 Å². The molecule has 0 radical (unpaired) electrons. The highest BCUT2D eigenvalue weighted by Crippen LogP contribution is 2.18. The van der Waals surface area contributed by atoms with Crippen LogP contribution in [0.1, 0.15) is 71.6 Å². The Labute approximate surface area is 199 Å². The maximum Gasteiger partial charge on any atom is 0.325 e. The number of amides is 1. The maximum atomic E-state index is 12.7. The van der Waals surface area contributed by atoms with Crippen molar-refractivity contribution in [2.45, 2.75) is 77.7 Å². The van der Waals surface area contributed by atoms with Crippen LogP contribution in [0.4, 0.5) is 0 Å². The molecule has 2 rings (SSSR count). The number of esters is 1. The smallest absolute Gasteiger partial charge is 0.325 e. The normalized spacial score (nSPS) is 18.6. The second kappa shape index (κ2) is 16.6. The molecule has 8 nitrogen and oxygen atoms in total. The number of carbonyl (C=O) groups is 2. The lowest BCUT2D eigenvalue weighted by Crippen LogP contribution is -2.50. The molecule has 2 aliphatic heterocycles. The van der Waals surface area contributed by atoms with Gasteiger partial charge in [-0.05, 0) is 26.2 Å². The number of nitrogens with zero attached hydrogens (tertiary/aromatic N) is 3. The van der Waals surface area contributed by atoms with Crippen LogP contribution in [0.2, 0.25) is 0 Å². The number of allylic oxidation sites excluding steroid dienone is 1. The lowest BCUT2D eigenvalue weighted by molar-refractivity contribution is -0.142. The molecule has 33 heavy (non-hydrogen) atoms. The fraction of sp³-hybridized carbons (Fsp3) is 0.800. The van der Waals surface area contributed by atoms with Gasteiger partial charge in [0, 0.05) is 51.3 Å². The van der Waals surface area contributed by atoms with E-state index in [0.717, 1.165) is 65.1 Å². The third-order valence-electron chi connectivity index (χ3n) is 6.28. The Balaban J connectivity index is 1.66. The van der Waals surface area contributed by atoms with Gasteiger partial charge in [0.1, 0.15) is 12.4 Å². The molecule has 0 aromatic rings. The van der Waals surface area contributed by atoms with Crippen molar-refractivity contribution in [3.8, 4) is 0 Å². The van der Waals surface area contributed by atoms with Gasteiger partial charge >= 0.3 is 5.97 Å². The molecular formula is C25H44N4O4. The third kappa shape index (κ3) is 11.2. The van der Waals surface area contributed by atoms with Crippen LogP contribution in [0.25, 0.3) is 0 Å². The van der Waals surface area contributed by atoms with Gasteiger partial charge in [0.05, 0.1) is 19.8 Å². The van der Waals surface area contributed by atoms with E-state index < -0.39 is 0 Å². The highest BCUT2D eigenvalue weighted by Gasteiger charge is 2.27. The fourth-order valence-electron chi connectivity index (χ4n) is 4.29. The van der Waals surface area contributed by atoms with Gasteiger partial charge in [-0.15, -0.1) is 0 Å². The summed E-state index contributed by atoms with van der Waals surface area (Å²) in [6.07, 6.45) is 12.0. The van der Waals surface area contributed by atoms with E-state index >= 15 is 0 Å². The number of unbranched alkanes of at least 4 members (excludes halogenated alkanes) is 4. The van der Waals surface area contributed by atoms with Crippen LogP contribution >= 0.6 is 0 Å². The number of rotatable bonds is 13. The first-order valence-electron chi connectivity index (χ1n) is 12.8. The van der Waals surface area contributed by atoms with Crippen LogP contribution in [0, 0.1) is 0 Å². The monoisotopic (exact) mass is 464 g/mol. The number of likely N-dealkylation sites (tertiary alicyclic amines) is 1. The summed E-state index contributed by atoms with van der Waals surface area (Å²) < 4.78 is 10.7. The first-order chi connectivity index (χ1) is 16.1. The summed E-state index contributed by atoms with van der Waals surface area (Å²) in [5, 5.41) is 3.06. The molecule has 0 unspecified atom stereocenters. The standard InChI is InChI=1S/C25H44N4O4/c1-3-5-6-7-8-18-33-25(31)21-27-23(26-13-4-2)9-10-24(30)29-14-11-22(12-15-29)28-16-19-32-20-17-28/h4,13,22H,3,5-12,14-21H2,1-2H3,(H,26,27)/b13-4-. The molecular weight excluding hydrogens is 420 g/mol. The molecule has 0 saturated carbocycles. The quantitative estimate of drug-likeness (QED) is 0.195. The first kappa shape index (κ1) is 27.3. The van der Waals surface area contributed by atoms with Crippen molar-refractivity contribution in [1.82, 2.24) is 15.1 Å². The Kier molecular flexibility index (Phi) is 13.8. The Morgan fingerprint density at radius 2 is 1.79 bits per heavy atom. The Morgan fingerprint density at radius 1 is 1.06 bits per heavy atom. The lowest BCUT2D eigenvalue weighted by Gasteiger charge is -2.40. The van der Waals surface area contributed by atoms with Gasteiger partial charge in [-0.25, -0.2) is 4.99 Å². The Bertz CT molecular complexity index is 624. The van der Waals surface area contributed by atoms with Crippen LogP contribution in [0.3, 0.4) is 0 Å². The summed E-state index contributed by atoms with van der Waals surface area (Å²) in [5.41, 5.74) is 0. The van der Waals surface area contributed by atoms with Crippen molar-refractivity contribution in [3.63, 3.8) is 0 Å². The summed E-state index contributed by atoms with van der Waals surface area (Å²) >= 11 is 0. The van der Waals surface area contributed by atoms with E-state index in [1.54, 1.807) is 6.20 Å². The number of nitrogens with one attached hydrogen (secondary N) is 1. The van der Waals surface area contributed by atoms with Gasteiger partial charge in [0.2, 0.25) is 5.91 Å². The van der Waals surface area contributed by atoms with E-state index in [0.29, 0.717) is 31.3 Å². The molecule has 1 amide bonds. The summed E-state index contributed by atoms with van der Waals surface area (Å²) in [5.74, 6) is 0.514. The molecule has 0 aliphatic carbocycles. The molecule has 1 N–H and O–H groups in total. The first-order valence-corrected chi connectivity index (χ1v) is 12.8. The number of amidine groups is 1. The van der Waals surface area contributed by atoms with Crippen molar-refractivity contribution < 1.29 is 19.1 Å². The molecule has 2 saturated heterocycles. The SMILES string of the molecule is C/C=C\N=C(\CCC(=O)N1CCC(N2CCOCC2)CC1)NCC(=O)OCCCCCCC. The lowest BCUT2D eigenvalue weighted by atomic mass is 10.0. The van der Waals surface area contributed by atoms with Crippen LogP contribution in [0.5, 0.6) is 0 Å². The van der Waals surface area contributed by atoms with Crippen molar-refractivity contribution in [3.05, 3.63) is 12.3 Å². The molecule has 2 aliphatic rings. The van der Waals surface area contributed by atoms with Crippen molar-refractivity contribution in [1.29, 1.82) is 0 Å². The molecule has 2 fully saturated rings. The minimum absolute atomic E-state index is 0.0739. The van der Waals surface area contributed by atoms with E-state index in [1.165, 1.54) is 19.3 Å². The van der Waals surface area contributed by atoms with E-state index in [4.69, 9.17) is 9.47 Å². The number of ether oxygens (including phenoxy) is 2. The zero-order chi connectivity index (χ0) is 23.7. The highest BCUT2D eigenvalue weighted by molar-refractivity contribution is 5.89. The van der Waals surface area contributed by atoms with Gasteiger partial charge in [0.15, 0.2) is 0 Å². The average molecular weight is 465 g/mol. The Morgan fingerprint density at radius 3 is 2.48 bits per heavy atom. The Hall–Kier alpha value is -1.93. The molecule has 188 valence electrons.